The average molecular weight is 297 g/mol. The van der Waals surface area contributed by atoms with Gasteiger partial charge in [0.2, 0.25) is 0 Å². The van der Waals surface area contributed by atoms with Crippen LogP contribution in [-0.4, -0.2) is 50.5 Å². The number of aromatic nitrogens is 1. The van der Waals surface area contributed by atoms with Crippen molar-refractivity contribution in [1.82, 2.24) is 10.3 Å². The molecule has 1 saturated heterocycles. The Hall–Kier alpha value is -0.690. The summed E-state index contributed by atoms with van der Waals surface area (Å²) in [7, 11) is 1.72. The largest absolute Gasteiger partial charge is 0.383 e. The predicted octanol–water partition coefficient (Wildman–Crippen LogP) is 1.64. The Bertz CT molecular complexity index is 426. The maximum absolute atomic E-state index is 5.86. The number of nitrogens with zero attached hydrogens (tertiary/aromatic N) is 2. The maximum atomic E-state index is 5.86. The smallest absolute Gasteiger partial charge is 0.185 e. The van der Waals surface area contributed by atoms with E-state index in [4.69, 9.17) is 14.5 Å². The average Bonchev–Trinajstić information content (AvgIpc) is 3.12. The van der Waals surface area contributed by atoms with Crippen LogP contribution in [0.15, 0.2) is 5.38 Å². The molecular formula is C14H23N3O2S. The molecule has 0 bridgehead atoms. The summed E-state index contributed by atoms with van der Waals surface area (Å²) in [6, 6.07) is 0.546. The van der Waals surface area contributed by atoms with Crippen LogP contribution in [0.3, 0.4) is 0 Å². The molecule has 0 spiro atoms. The first-order valence-electron chi connectivity index (χ1n) is 7.41. The van der Waals surface area contributed by atoms with Crippen molar-refractivity contribution in [3.63, 3.8) is 0 Å². The molecule has 2 aliphatic rings. The van der Waals surface area contributed by atoms with E-state index < -0.39 is 0 Å². The van der Waals surface area contributed by atoms with Crippen molar-refractivity contribution in [2.45, 2.75) is 38.0 Å². The summed E-state index contributed by atoms with van der Waals surface area (Å²) in [6.07, 6.45) is 4.16. The number of ether oxygens (including phenoxy) is 2. The first-order chi connectivity index (χ1) is 9.88. The second kappa shape index (κ2) is 6.85. The van der Waals surface area contributed by atoms with Gasteiger partial charge in [0.15, 0.2) is 5.13 Å². The lowest BCUT2D eigenvalue weighted by atomic mass is 10.1. The van der Waals surface area contributed by atoms with Crippen molar-refractivity contribution >= 4 is 16.5 Å². The van der Waals surface area contributed by atoms with Gasteiger partial charge in [-0.25, -0.2) is 4.98 Å². The molecule has 5 nitrogen and oxygen atoms in total. The second-order valence-electron chi connectivity index (χ2n) is 5.39. The lowest BCUT2D eigenvalue weighted by molar-refractivity contribution is 0.0256. The molecular weight excluding hydrogens is 274 g/mol. The van der Waals surface area contributed by atoms with E-state index in [1.165, 1.54) is 19.3 Å². The van der Waals surface area contributed by atoms with Crippen LogP contribution in [0.5, 0.6) is 0 Å². The number of anilines is 1. The van der Waals surface area contributed by atoms with E-state index in [0.717, 1.165) is 43.7 Å². The van der Waals surface area contributed by atoms with Gasteiger partial charge in [0.1, 0.15) is 0 Å². The van der Waals surface area contributed by atoms with Crippen molar-refractivity contribution in [2.24, 2.45) is 0 Å². The Kier molecular flexibility index (Phi) is 4.88. The van der Waals surface area contributed by atoms with Gasteiger partial charge < -0.3 is 19.7 Å². The molecule has 0 amide bonds. The molecule has 1 aliphatic heterocycles. The molecule has 1 saturated carbocycles. The van der Waals surface area contributed by atoms with Crippen molar-refractivity contribution < 1.29 is 9.47 Å². The van der Waals surface area contributed by atoms with Crippen LogP contribution < -0.4 is 10.2 Å². The number of fused-ring (bicyclic) bond motifs is 1. The van der Waals surface area contributed by atoms with Gasteiger partial charge in [-0.05, 0) is 19.3 Å². The van der Waals surface area contributed by atoms with Crippen molar-refractivity contribution in [2.75, 3.05) is 38.3 Å². The van der Waals surface area contributed by atoms with Crippen molar-refractivity contribution in [3.8, 4) is 0 Å². The summed E-state index contributed by atoms with van der Waals surface area (Å²) in [5, 5.41) is 6.66. The Morgan fingerprint density at radius 1 is 1.55 bits per heavy atom. The van der Waals surface area contributed by atoms with E-state index in [1.54, 1.807) is 18.4 Å². The Labute approximate surface area is 124 Å². The molecule has 112 valence electrons. The van der Waals surface area contributed by atoms with Crippen LogP contribution in [0.4, 0.5) is 5.13 Å². The number of morpholine rings is 1. The minimum Gasteiger partial charge on any atom is -0.383 e. The van der Waals surface area contributed by atoms with E-state index >= 15 is 0 Å². The van der Waals surface area contributed by atoms with Gasteiger partial charge in [-0.2, -0.15) is 0 Å². The molecule has 2 fully saturated rings. The fourth-order valence-corrected chi connectivity index (χ4v) is 3.97. The first-order valence-corrected chi connectivity index (χ1v) is 8.29. The highest BCUT2D eigenvalue weighted by atomic mass is 32.1. The van der Waals surface area contributed by atoms with E-state index in [1.807, 2.05) is 0 Å². The molecule has 1 aromatic rings. The van der Waals surface area contributed by atoms with Gasteiger partial charge in [0.25, 0.3) is 0 Å². The van der Waals surface area contributed by atoms with Gasteiger partial charge in [-0.1, -0.05) is 0 Å². The normalized spacial score (nSPS) is 25.9. The van der Waals surface area contributed by atoms with Crippen LogP contribution in [0.2, 0.25) is 0 Å². The van der Waals surface area contributed by atoms with Crippen LogP contribution in [-0.2, 0) is 16.0 Å². The van der Waals surface area contributed by atoms with Crippen LogP contribution in [0, 0.1) is 0 Å². The molecule has 1 N–H and O–H groups in total. The van der Waals surface area contributed by atoms with Crippen molar-refractivity contribution in [3.05, 3.63) is 11.1 Å². The van der Waals surface area contributed by atoms with Gasteiger partial charge in [-0.15, -0.1) is 11.3 Å². The van der Waals surface area contributed by atoms with Gasteiger partial charge in [0.05, 0.1) is 31.1 Å². The summed E-state index contributed by atoms with van der Waals surface area (Å²) in [4.78, 5) is 7.24. The minimum absolute atomic E-state index is 0.427. The molecule has 6 heteroatoms. The number of methoxy groups -OCH3 is 1. The highest BCUT2D eigenvalue weighted by Crippen LogP contribution is 2.34. The Balaban J connectivity index is 1.58. The monoisotopic (exact) mass is 297 g/mol. The zero-order valence-electron chi connectivity index (χ0n) is 12.0. The summed E-state index contributed by atoms with van der Waals surface area (Å²) in [6.45, 7) is 4.24. The number of hydrogen-bond donors (Lipinski definition) is 1. The third-order valence-electron chi connectivity index (χ3n) is 4.06. The number of thiazole rings is 1. The quantitative estimate of drug-likeness (QED) is 0.809. The molecule has 1 aliphatic carbocycles. The molecule has 0 aromatic carbocycles. The zero-order valence-corrected chi connectivity index (χ0v) is 12.8. The van der Waals surface area contributed by atoms with Crippen LogP contribution in [0.1, 0.15) is 25.0 Å². The fraction of sp³-hybridized carbons (Fsp3) is 0.786. The third-order valence-corrected chi connectivity index (χ3v) is 4.98. The summed E-state index contributed by atoms with van der Waals surface area (Å²) in [5.41, 5.74) is 1.13. The lowest BCUT2D eigenvalue weighted by Gasteiger charge is -2.37. The Morgan fingerprint density at radius 2 is 2.50 bits per heavy atom. The van der Waals surface area contributed by atoms with Gasteiger partial charge in [-0.3, -0.25) is 0 Å². The fourth-order valence-electron chi connectivity index (χ4n) is 3.06. The summed E-state index contributed by atoms with van der Waals surface area (Å²) in [5.74, 6) is 0. The topological polar surface area (TPSA) is 46.6 Å². The van der Waals surface area contributed by atoms with Crippen LogP contribution >= 0.6 is 11.3 Å². The van der Waals surface area contributed by atoms with Crippen LogP contribution in [0.25, 0.3) is 0 Å². The van der Waals surface area contributed by atoms with E-state index in [2.05, 4.69) is 15.6 Å². The number of nitrogens with one attached hydrogen (secondary N) is 1. The second-order valence-corrected chi connectivity index (χ2v) is 6.23. The van der Waals surface area contributed by atoms with Gasteiger partial charge in [0, 0.05) is 32.1 Å². The molecule has 2 heterocycles. The van der Waals surface area contributed by atoms with E-state index in [0.29, 0.717) is 12.1 Å². The highest BCUT2D eigenvalue weighted by Gasteiger charge is 2.37. The minimum atomic E-state index is 0.427. The predicted molar refractivity (Wildman–Crippen MR) is 80.4 cm³/mol. The molecule has 3 rings (SSSR count). The first kappa shape index (κ1) is 14.3. The maximum Gasteiger partial charge on any atom is 0.185 e. The zero-order chi connectivity index (χ0) is 13.8. The lowest BCUT2D eigenvalue weighted by Crippen LogP contribution is -2.48. The SMILES string of the molecule is COCCNCc1csc(N2CCOC3CCCC32)n1. The summed E-state index contributed by atoms with van der Waals surface area (Å²) < 4.78 is 10.9. The number of hydrogen-bond acceptors (Lipinski definition) is 6. The molecule has 0 radical (unpaired) electrons. The van der Waals surface area contributed by atoms with E-state index in [9.17, 15) is 0 Å². The molecule has 2 unspecified atom stereocenters. The molecule has 20 heavy (non-hydrogen) atoms. The van der Waals surface area contributed by atoms with E-state index in [-0.39, 0.29) is 0 Å². The van der Waals surface area contributed by atoms with Crippen molar-refractivity contribution in [1.29, 1.82) is 0 Å². The highest BCUT2D eigenvalue weighted by molar-refractivity contribution is 7.13. The summed E-state index contributed by atoms with van der Waals surface area (Å²) >= 11 is 1.76. The molecule has 1 aromatic heterocycles. The van der Waals surface area contributed by atoms with Gasteiger partial charge >= 0.3 is 0 Å². The number of rotatable bonds is 6. The third kappa shape index (κ3) is 3.14. The Morgan fingerprint density at radius 3 is 3.40 bits per heavy atom. The standard InChI is InChI=1S/C14H23N3O2S/c1-18-7-5-15-9-11-10-20-14(16-11)17-6-8-19-13-4-2-3-12(13)17/h10,12-13,15H,2-9H2,1H3. The molecule has 2 atom stereocenters.